The molecule has 0 bridgehead atoms. The second-order valence-corrected chi connectivity index (χ2v) is 5.85. The number of carbonyl (C=O) groups is 1. The van der Waals surface area contributed by atoms with Crippen molar-refractivity contribution in [1.29, 1.82) is 0 Å². The highest BCUT2D eigenvalue weighted by Crippen LogP contribution is 2.16. The standard InChI is InChI=1S/C19H25N3O/c1-4-5-6-9-21-18-11-16(12-20-13-18)19(23)22-17-8-7-14(2)15(3)10-17/h7-8,10-13,21H,4-6,9H2,1-3H3,(H,22,23). The van der Waals surface area contributed by atoms with Gasteiger partial charge in [-0.1, -0.05) is 25.8 Å². The predicted octanol–water partition coefficient (Wildman–Crippen LogP) is 4.55. The molecule has 4 nitrogen and oxygen atoms in total. The van der Waals surface area contributed by atoms with Crippen molar-refractivity contribution >= 4 is 17.3 Å². The van der Waals surface area contributed by atoms with Gasteiger partial charge in [0.2, 0.25) is 0 Å². The summed E-state index contributed by atoms with van der Waals surface area (Å²) in [6.45, 7) is 7.17. The van der Waals surface area contributed by atoms with Crippen LogP contribution >= 0.6 is 0 Å². The number of nitrogens with one attached hydrogen (secondary N) is 2. The summed E-state index contributed by atoms with van der Waals surface area (Å²) in [7, 11) is 0. The lowest BCUT2D eigenvalue weighted by molar-refractivity contribution is 0.102. The maximum atomic E-state index is 12.4. The maximum Gasteiger partial charge on any atom is 0.257 e. The van der Waals surface area contributed by atoms with Crippen molar-refractivity contribution in [2.75, 3.05) is 17.2 Å². The van der Waals surface area contributed by atoms with E-state index < -0.39 is 0 Å². The summed E-state index contributed by atoms with van der Waals surface area (Å²) < 4.78 is 0. The number of anilines is 2. The zero-order valence-corrected chi connectivity index (χ0v) is 14.1. The zero-order valence-electron chi connectivity index (χ0n) is 14.1. The van der Waals surface area contributed by atoms with Crippen molar-refractivity contribution in [3.63, 3.8) is 0 Å². The third kappa shape index (κ3) is 5.09. The molecule has 2 aromatic rings. The molecule has 0 fully saturated rings. The van der Waals surface area contributed by atoms with Crippen LogP contribution in [-0.2, 0) is 0 Å². The number of amides is 1. The van der Waals surface area contributed by atoms with Crippen LogP contribution in [0, 0.1) is 13.8 Å². The molecular weight excluding hydrogens is 286 g/mol. The first-order chi connectivity index (χ1) is 11.1. The van der Waals surface area contributed by atoms with Gasteiger partial charge in [0.25, 0.3) is 5.91 Å². The molecule has 0 radical (unpaired) electrons. The quantitative estimate of drug-likeness (QED) is 0.737. The predicted molar refractivity (Wildman–Crippen MR) is 96.1 cm³/mol. The van der Waals surface area contributed by atoms with Crippen molar-refractivity contribution < 1.29 is 4.79 Å². The van der Waals surface area contributed by atoms with E-state index in [1.165, 1.54) is 18.4 Å². The average molecular weight is 311 g/mol. The third-order valence-electron chi connectivity index (χ3n) is 3.87. The van der Waals surface area contributed by atoms with E-state index in [1.807, 2.05) is 31.2 Å². The van der Waals surface area contributed by atoms with Gasteiger partial charge in [0.05, 0.1) is 11.3 Å². The van der Waals surface area contributed by atoms with E-state index in [4.69, 9.17) is 0 Å². The van der Waals surface area contributed by atoms with Gasteiger partial charge in [0, 0.05) is 24.6 Å². The molecule has 4 heteroatoms. The summed E-state index contributed by atoms with van der Waals surface area (Å²) in [5.74, 6) is -0.141. The van der Waals surface area contributed by atoms with Crippen LogP contribution in [0.3, 0.4) is 0 Å². The Morgan fingerprint density at radius 2 is 1.87 bits per heavy atom. The smallest absolute Gasteiger partial charge is 0.257 e. The molecule has 0 aliphatic heterocycles. The minimum atomic E-state index is -0.141. The molecule has 1 heterocycles. The Balaban J connectivity index is 2.00. The van der Waals surface area contributed by atoms with Gasteiger partial charge < -0.3 is 10.6 Å². The number of carbonyl (C=O) groups excluding carboxylic acids is 1. The summed E-state index contributed by atoms with van der Waals surface area (Å²) >= 11 is 0. The summed E-state index contributed by atoms with van der Waals surface area (Å²) in [6, 6.07) is 7.75. The van der Waals surface area contributed by atoms with E-state index in [9.17, 15) is 4.79 Å². The monoisotopic (exact) mass is 311 g/mol. The van der Waals surface area contributed by atoms with E-state index in [2.05, 4.69) is 29.5 Å². The normalized spacial score (nSPS) is 10.4. The highest BCUT2D eigenvalue weighted by atomic mass is 16.1. The van der Waals surface area contributed by atoms with Crippen molar-refractivity contribution in [1.82, 2.24) is 4.98 Å². The Bertz CT molecular complexity index is 667. The van der Waals surface area contributed by atoms with Gasteiger partial charge in [-0.3, -0.25) is 9.78 Å². The maximum absolute atomic E-state index is 12.4. The van der Waals surface area contributed by atoms with Crippen LogP contribution in [0.1, 0.15) is 47.7 Å². The Hall–Kier alpha value is -2.36. The van der Waals surface area contributed by atoms with Crippen LogP contribution in [-0.4, -0.2) is 17.4 Å². The Morgan fingerprint density at radius 1 is 1.04 bits per heavy atom. The molecule has 0 spiro atoms. The van der Waals surface area contributed by atoms with Crippen molar-refractivity contribution in [2.24, 2.45) is 0 Å². The number of benzene rings is 1. The van der Waals surface area contributed by atoms with Crippen LogP contribution in [0.4, 0.5) is 11.4 Å². The second kappa shape index (κ2) is 8.32. The Morgan fingerprint density at radius 3 is 2.61 bits per heavy atom. The molecule has 0 aliphatic carbocycles. The summed E-state index contributed by atoms with van der Waals surface area (Å²) in [5, 5.41) is 6.24. The van der Waals surface area contributed by atoms with Crippen LogP contribution in [0.25, 0.3) is 0 Å². The fourth-order valence-electron chi connectivity index (χ4n) is 2.29. The molecule has 0 aliphatic rings. The first-order valence-electron chi connectivity index (χ1n) is 8.17. The molecule has 1 aromatic carbocycles. The first kappa shape index (κ1) is 17.0. The highest BCUT2D eigenvalue weighted by Gasteiger charge is 2.08. The Kier molecular flexibility index (Phi) is 6.15. The molecule has 1 aromatic heterocycles. The molecular formula is C19H25N3O. The summed E-state index contributed by atoms with van der Waals surface area (Å²) in [4.78, 5) is 16.5. The molecule has 0 saturated heterocycles. The van der Waals surface area contributed by atoms with Gasteiger partial charge >= 0.3 is 0 Å². The molecule has 23 heavy (non-hydrogen) atoms. The van der Waals surface area contributed by atoms with Gasteiger partial charge in [-0.15, -0.1) is 0 Å². The number of pyridine rings is 1. The van der Waals surface area contributed by atoms with Crippen LogP contribution in [0.2, 0.25) is 0 Å². The number of rotatable bonds is 7. The lowest BCUT2D eigenvalue weighted by Crippen LogP contribution is -2.13. The highest BCUT2D eigenvalue weighted by molar-refractivity contribution is 6.04. The van der Waals surface area contributed by atoms with Gasteiger partial charge in [0.15, 0.2) is 0 Å². The van der Waals surface area contributed by atoms with Gasteiger partial charge in [-0.2, -0.15) is 0 Å². The fraction of sp³-hybridized carbons (Fsp3) is 0.368. The number of aromatic nitrogens is 1. The van der Waals surface area contributed by atoms with Crippen LogP contribution in [0.5, 0.6) is 0 Å². The minimum absolute atomic E-state index is 0.141. The molecule has 0 atom stereocenters. The zero-order chi connectivity index (χ0) is 16.7. The second-order valence-electron chi connectivity index (χ2n) is 5.85. The van der Waals surface area contributed by atoms with Crippen LogP contribution < -0.4 is 10.6 Å². The number of hydrogen-bond acceptors (Lipinski definition) is 3. The average Bonchev–Trinajstić information content (AvgIpc) is 2.55. The lowest BCUT2D eigenvalue weighted by Gasteiger charge is -2.09. The van der Waals surface area contributed by atoms with Gasteiger partial charge in [0.1, 0.15) is 0 Å². The van der Waals surface area contributed by atoms with Gasteiger partial charge in [-0.05, 0) is 49.6 Å². The molecule has 0 unspecified atom stereocenters. The summed E-state index contributed by atoms with van der Waals surface area (Å²) in [5.41, 5.74) is 4.62. The number of aryl methyl sites for hydroxylation is 2. The van der Waals surface area contributed by atoms with Crippen molar-refractivity contribution in [3.8, 4) is 0 Å². The third-order valence-corrected chi connectivity index (χ3v) is 3.87. The molecule has 2 N–H and O–H groups in total. The van der Waals surface area contributed by atoms with E-state index in [1.54, 1.807) is 12.4 Å². The van der Waals surface area contributed by atoms with E-state index in [0.29, 0.717) is 5.56 Å². The van der Waals surface area contributed by atoms with Crippen molar-refractivity contribution in [3.05, 3.63) is 53.3 Å². The fourth-order valence-corrected chi connectivity index (χ4v) is 2.29. The van der Waals surface area contributed by atoms with E-state index >= 15 is 0 Å². The summed E-state index contributed by atoms with van der Waals surface area (Å²) in [6.07, 6.45) is 6.85. The SMILES string of the molecule is CCCCCNc1cncc(C(=O)Nc2ccc(C)c(C)c2)c1. The van der Waals surface area contributed by atoms with Gasteiger partial charge in [-0.25, -0.2) is 0 Å². The number of unbranched alkanes of at least 4 members (excludes halogenated alkanes) is 2. The molecule has 2 rings (SSSR count). The van der Waals surface area contributed by atoms with E-state index in [0.717, 1.165) is 29.9 Å². The topological polar surface area (TPSA) is 54.0 Å². The molecule has 122 valence electrons. The Labute approximate surface area is 138 Å². The van der Waals surface area contributed by atoms with E-state index in [-0.39, 0.29) is 5.91 Å². The van der Waals surface area contributed by atoms with Crippen molar-refractivity contribution in [2.45, 2.75) is 40.0 Å². The van der Waals surface area contributed by atoms with Crippen LogP contribution in [0.15, 0.2) is 36.7 Å². The molecule has 1 amide bonds. The first-order valence-corrected chi connectivity index (χ1v) is 8.17. The largest absolute Gasteiger partial charge is 0.384 e. The lowest BCUT2D eigenvalue weighted by atomic mass is 10.1. The number of hydrogen-bond donors (Lipinski definition) is 2. The minimum Gasteiger partial charge on any atom is -0.384 e. The number of nitrogens with zero attached hydrogens (tertiary/aromatic N) is 1. The molecule has 0 saturated carbocycles.